The number of likely N-dealkylation sites (tertiary alicyclic amines) is 1. The molecule has 32 heavy (non-hydrogen) atoms. The van der Waals surface area contributed by atoms with E-state index in [0.29, 0.717) is 13.1 Å². The standard InChI is InChI=1S/C25H30N4O3/c1-18(30)26-21-10-9-19-11-14-28(17-20(19)15-21)23-16-24(31)29(25(23)32)13-6-12-27(2)22-7-4-3-5-8-22/h3-5,7-10,15,23H,6,11-14,16-17H2,1-2H3,(H,26,30). The van der Waals surface area contributed by atoms with E-state index < -0.39 is 6.04 Å². The van der Waals surface area contributed by atoms with Crippen molar-refractivity contribution in [3.8, 4) is 0 Å². The number of carbonyl (C=O) groups excluding carboxylic acids is 3. The third-order valence-corrected chi connectivity index (χ3v) is 6.30. The second-order valence-electron chi connectivity index (χ2n) is 8.60. The second-order valence-corrected chi connectivity index (χ2v) is 8.60. The molecule has 168 valence electrons. The van der Waals surface area contributed by atoms with Gasteiger partial charge in [-0.05, 0) is 48.2 Å². The maximum absolute atomic E-state index is 13.1. The van der Waals surface area contributed by atoms with Crippen molar-refractivity contribution in [2.45, 2.75) is 38.8 Å². The van der Waals surface area contributed by atoms with Crippen LogP contribution in [0.15, 0.2) is 48.5 Å². The number of imide groups is 1. The van der Waals surface area contributed by atoms with E-state index in [1.807, 2.05) is 55.6 Å². The molecule has 0 aromatic heterocycles. The molecule has 1 atom stereocenters. The molecule has 7 nitrogen and oxygen atoms in total. The molecule has 1 fully saturated rings. The number of rotatable bonds is 7. The molecule has 1 unspecified atom stereocenters. The number of amides is 3. The maximum atomic E-state index is 13.1. The summed E-state index contributed by atoms with van der Waals surface area (Å²) in [7, 11) is 2.02. The summed E-state index contributed by atoms with van der Waals surface area (Å²) >= 11 is 0. The third-order valence-electron chi connectivity index (χ3n) is 6.30. The number of para-hydroxylation sites is 1. The fourth-order valence-corrected chi connectivity index (χ4v) is 4.59. The highest BCUT2D eigenvalue weighted by Gasteiger charge is 2.42. The molecule has 0 saturated carbocycles. The van der Waals surface area contributed by atoms with Crippen LogP contribution in [0.3, 0.4) is 0 Å². The van der Waals surface area contributed by atoms with Crippen LogP contribution in [0, 0.1) is 0 Å². The van der Waals surface area contributed by atoms with E-state index in [4.69, 9.17) is 0 Å². The molecule has 0 aliphatic carbocycles. The summed E-state index contributed by atoms with van der Waals surface area (Å²) in [6.07, 6.45) is 1.81. The van der Waals surface area contributed by atoms with E-state index in [1.54, 1.807) is 0 Å². The molecule has 2 heterocycles. The zero-order chi connectivity index (χ0) is 22.7. The zero-order valence-corrected chi connectivity index (χ0v) is 18.7. The highest BCUT2D eigenvalue weighted by atomic mass is 16.2. The van der Waals surface area contributed by atoms with Gasteiger partial charge in [0.25, 0.3) is 0 Å². The average Bonchev–Trinajstić information content (AvgIpc) is 3.07. The Hall–Kier alpha value is -3.19. The van der Waals surface area contributed by atoms with Crippen molar-refractivity contribution in [3.63, 3.8) is 0 Å². The minimum atomic E-state index is -0.396. The van der Waals surface area contributed by atoms with Gasteiger partial charge in [0.1, 0.15) is 0 Å². The molecule has 1 N–H and O–H groups in total. The summed E-state index contributed by atoms with van der Waals surface area (Å²) in [6.45, 7) is 4.07. The van der Waals surface area contributed by atoms with E-state index in [2.05, 4.69) is 15.1 Å². The fraction of sp³-hybridized carbons (Fsp3) is 0.400. The minimum absolute atomic E-state index is 0.0832. The number of carbonyl (C=O) groups is 3. The molecular weight excluding hydrogens is 404 g/mol. The predicted octanol–water partition coefficient (Wildman–Crippen LogP) is 2.66. The summed E-state index contributed by atoms with van der Waals surface area (Å²) in [6, 6.07) is 15.6. The molecular formula is C25H30N4O3. The van der Waals surface area contributed by atoms with Crippen molar-refractivity contribution in [1.82, 2.24) is 9.80 Å². The first-order chi connectivity index (χ1) is 15.4. The molecule has 4 rings (SSSR count). The Morgan fingerprint density at radius 3 is 2.66 bits per heavy atom. The summed E-state index contributed by atoms with van der Waals surface area (Å²) in [5.74, 6) is -0.276. The highest BCUT2D eigenvalue weighted by molar-refractivity contribution is 6.05. The number of hydrogen-bond donors (Lipinski definition) is 1. The van der Waals surface area contributed by atoms with Crippen LogP contribution >= 0.6 is 0 Å². The van der Waals surface area contributed by atoms with Crippen molar-refractivity contribution in [2.24, 2.45) is 0 Å². The predicted molar refractivity (Wildman–Crippen MR) is 124 cm³/mol. The van der Waals surface area contributed by atoms with Gasteiger partial charge in [-0.25, -0.2) is 0 Å². The number of benzene rings is 2. The third kappa shape index (κ3) is 4.83. The lowest BCUT2D eigenvalue weighted by molar-refractivity contribution is -0.139. The molecule has 2 aromatic rings. The second kappa shape index (κ2) is 9.53. The van der Waals surface area contributed by atoms with E-state index in [0.717, 1.165) is 42.9 Å². The van der Waals surface area contributed by atoms with Crippen LogP contribution in [-0.2, 0) is 27.3 Å². The SMILES string of the molecule is CC(=O)Nc1ccc2c(c1)CN(C1CC(=O)N(CCCN(C)c3ccccc3)C1=O)CC2. The van der Waals surface area contributed by atoms with Gasteiger partial charge in [0.05, 0.1) is 12.5 Å². The number of anilines is 2. The van der Waals surface area contributed by atoms with E-state index in [1.165, 1.54) is 17.4 Å². The maximum Gasteiger partial charge on any atom is 0.247 e. The Morgan fingerprint density at radius 1 is 1.12 bits per heavy atom. The van der Waals surface area contributed by atoms with Crippen molar-refractivity contribution >= 4 is 29.1 Å². The number of nitrogens with zero attached hydrogens (tertiary/aromatic N) is 3. The zero-order valence-electron chi connectivity index (χ0n) is 18.7. The summed E-state index contributed by atoms with van der Waals surface area (Å²) in [5.41, 5.74) is 4.21. The van der Waals surface area contributed by atoms with Crippen molar-refractivity contribution in [1.29, 1.82) is 0 Å². The van der Waals surface area contributed by atoms with Crippen LogP contribution in [-0.4, -0.2) is 60.2 Å². The largest absolute Gasteiger partial charge is 0.375 e. The van der Waals surface area contributed by atoms with Crippen LogP contribution in [0.1, 0.15) is 30.9 Å². The molecule has 2 aliphatic rings. The van der Waals surface area contributed by atoms with Gasteiger partial charge >= 0.3 is 0 Å². The van der Waals surface area contributed by atoms with Gasteiger partial charge in [0, 0.05) is 51.5 Å². The molecule has 2 aliphatic heterocycles. The molecule has 7 heteroatoms. The number of hydrogen-bond acceptors (Lipinski definition) is 5. The summed E-state index contributed by atoms with van der Waals surface area (Å²) < 4.78 is 0. The van der Waals surface area contributed by atoms with Gasteiger partial charge in [-0.1, -0.05) is 24.3 Å². The molecule has 3 amide bonds. The Labute approximate surface area is 189 Å². The summed E-state index contributed by atoms with van der Waals surface area (Å²) in [4.78, 5) is 42.7. The van der Waals surface area contributed by atoms with Crippen LogP contribution in [0.2, 0.25) is 0 Å². The van der Waals surface area contributed by atoms with Gasteiger partial charge in [-0.2, -0.15) is 0 Å². The number of nitrogens with one attached hydrogen (secondary N) is 1. The Bertz CT molecular complexity index is 1010. The van der Waals surface area contributed by atoms with Crippen LogP contribution < -0.4 is 10.2 Å². The Kier molecular flexibility index (Phi) is 6.55. The monoisotopic (exact) mass is 434 g/mol. The van der Waals surface area contributed by atoms with E-state index in [-0.39, 0.29) is 24.1 Å². The van der Waals surface area contributed by atoms with Crippen molar-refractivity contribution < 1.29 is 14.4 Å². The quantitative estimate of drug-likeness (QED) is 0.679. The Morgan fingerprint density at radius 2 is 1.91 bits per heavy atom. The summed E-state index contributed by atoms with van der Waals surface area (Å²) in [5, 5.41) is 2.82. The van der Waals surface area contributed by atoms with Gasteiger partial charge in [0.2, 0.25) is 17.7 Å². The van der Waals surface area contributed by atoms with E-state index in [9.17, 15) is 14.4 Å². The minimum Gasteiger partial charge on any atom is -0.375 e. The van der Waals surface area contributed by atoms with Gasteiger partial charge in [0.15, 0.2) is 0 Å². The first kappa shape index (κ1) is 22.0. The lowest BCUT2D eigenvalue weighted by Gasteiger charge is -2.32. The van der Waals surface area contributed by atoms with Crippen LogP contribution in [0.25, 0.3) is 0 Å². The number of fused-ring (bicyclic) bond motifs is 1. The molecule has 1 saturated heterocycles. The molecule has 0 radical (unpaired) electrons. The van der Waals surface area contributed by atoms with Crippen LogP contribution in [0.4, 0.5) is 11.4 Å². The van der Waals surface area contributed by atoms with Gasteiger partial charge < -0.3 is 10.2 Å². The van der Waals surface area contributed by atoms with Crippen molar-refractivity contribution in [2.75, 3.05) is 36.9 Å². The molecule has 0 spiro atoms. The van der Waals surface area contributed by atoms with E-state index >= 15 is 0 Å². The smallest absolute Gasteiger partial charge is 0.247 e. The van der Waals surface area contributed by atoms with Gasteiger partial charge in [-0.3, -0.25) is 24.2 Å². The van der Waals surface area contributed by atoms with Crippen LogP contribution in [0.5, 0.6) is 0 Å². The highest BCUT2D eigenvalue weighted by Crippen LogP contribution is 2.28. The molecule has 2 aromatic carbocycles. The first-order valence-corrected chi connectivity index (χ1v) is 11.2. The Balaban J connectivity index is 1.35. The first-order valence-electron chi connectivity index (χ1n) is 11.2. The topological polar surface area (TPSA) is 73.0 Å². The lowest BCUT2D eigenvalue weighted by atomic mass is 9.97. The fourth-order valence-electron chi connectivity index (χ4n) is 4.59. The van der Waals surface area contributed by atoms with Crippen molar-refractivity contribution in [3.05, 3.63) is 59.7 Å². The lowest BCUT2D eigenvalue weighted by Crippen LogP contribution is -2.44. The molecule has 0 bridgehead atoms. The average molecular weight is 435 g/mol. The van der Waals surface area contributed by atoms with Gasteiger partial charge in [-0.15, -0.1) is 0 Å². The normalized spacial score (nSPS) is 18.6.